The Morgan fingerprint density at radius 3 is 2.78 bits per heavy atom. The Hall–Kier alpha value is -2.98. The van der Waals surface area contributed by atoms with Crippen LogP contribution in [0, 0.1) is 6.92 Å². The van der Waals surface area contributed by atoms with Crippen LogP contribution in [-0.2, 0) is 40.9 Å². The van der Waals surface area contributed by atoms with Gasteiger partial charge in [0.1, 0.15) is 17.5 Å². The maximum atomic E-state index is 13.0. The molecule has 3 atom stereocenters. The molecule has 2 aliphatic heterocycles. The summed E-state index contributed by atoms with van der Waals surface area (Å²) in [5.74, 6) is 0.0956. The molecular formula is C24H29N2O9P. The molecule has 2 aliphatic rings. The standard InChI is InChI=1S/C24H29N2O9P/c1-15-12-26(23(29)25-22(15)28)20-9-7-18(33-20)14-32-36(30)31-13-17-11-16(5-8-19(17)35-36)6-10-21(27)34-24(2,3)4/h5,7-9,11-12,18,20H,6,10,13-14H2,1-4H3,(H,25,28,29)/t18-,20+,36?/m0/s1. The summed E-state index contributed by atoms with van der Waals surface area (Å²) in [6.07, 6.45) is 4.09. The predicted octanol–water partition coefficient (Wildman–Crippen LogP) is 3.31. The van der Waals surface area contributed by atoms with Crippen LogP contribution in [0.1, 0.15) is 50.1 Å². The van der Waals surface area contributed by atoms with Gasteiger partial charge in [-0.2, -0.15) is 0 Å². The first kappa shape index (κ1) is 26.1. The number of carbonyl (C=O) groups is 1. The van der Waals surface area contributed by atoms with Crippen molar-refractivity contribution < 1.29 is 32.4 Å². The third-order valence-corrected chi connectivity index (χ3v) is 6.70. The monoisotopic (exact) mass is 520 g/mol. The van der Waals surface area contributed by atoms with Crippen LogP contribution in [0.5, 0.6) is 5.75 Å². The predicted molar refractivity (Wildman–Crippen MR) is 129 cm³/mol. The number of aryl methyl sites for hydroxylation is 2. The molecule has 11 nitrogen and oxygen atoms in total. The number of phosphoric acid groups is 1. The molecule has 3 heterocycles. The van der Waals surface area contributed by atoms with Crippen LogP contribution in [0.3, 0.4) is 0 Å². The third-order valence-electron chi connectivity index (χ3n) is 5.37. The first-order valence-electron chi connectivity index (χ1n) is 11.5. The van der Waals surface area contributed by atoms with E-state index in [0.29, 0.717) is 23.3 Å². The van der Waals surface area contributed by atoms with Crippen LogP contribution in [-0.4, -0.2) is 33.8 Å². The van der Waals surface area contributed by atoms with Crippen LogP contribution in [0.4, 0.5) is 0 Å². The highest BCUT2D eigenvalue weighted by atomic mass is 31.2. The summed E-state index contributed by atoms with van der Waals surface area (Å²) in [5, 5.41) is 0. The number of phosphoric ester groups is 1. The van der Waals surface area contributed by atoms with Crippen molar-refractivity contribution in [3.63, 3.8) is 0 Å². The van der Waals surface area contributed by atoms with Crippen LogP contribution < -0.4 is 15.8 Å². The number of benzene rings is 1. The van der Waals surface area contributed by atoms with Gasteiger partial charge in [0.25, 0.3) is 5.56 Å². The molecule has 0 saturated heterocycles. The molecule has 0 radical (unpaired) electrons. The molecule has 0 saturated carbocycles. The number of fused-ring (bicyclic) bond motifs is 1. The Labute approximate surface area is 207 Å². The summed E-state index contributed by atoms with van der Waals surface area (Å²) < 4.78 is 41.7. The number of carbonyl (C=O) groups excluding carboxylic acids is 1. The smallest absolute Gasteiger partial charge is 0.460 e. The minimum Gasteiger partial charge on any atom is -0.460 e. The minimum atomic E-state index is -3.89. The Bertz CT molecular complexity index is 1340. The zero-order valence-corrected chi connectivity index (χ0v) is 21.4. The number of esters is 1. The second-order valence-electron chi connectivity index (χ2n) is 9.56. The fourth-order valence-corrected chi connectivity index (χ4v) is 4.90. The van der Waals surface area contributed by atoms with Crippen molar-refractivity contribution in [2.75, 3.05) is 6.61 Å². The Kier molecular flexibility index (Phi) is 7.38. The molecular weight excluding hydrogens is 491 g/mol. The fraction of sp³-hybridized carbons (Fsp3) is 0.458. The first-order chi connectivity index (χ1) is 16.9. The summed E-state index contributed by atoms with van der Waals surface area (Å²) in [7, 11) is -3.89. The second-order valence-corrected chi connectivity index (χ2v) is 11.2. The van der Waals surface area contributed by atoms with Crippen molar-refractivity contribution in [3.05, 3.63) is 74.1 Å². The SMILES string of the molecule is Cc1cn([C@H]2C=C[C@@H](COP3(=O)OCc4cc(CCC(=O)OC(C)(C)C)ccc4O3)O2)c(=O)[nH]c1=O. The van der Waals surface area contributed by atoms with Gasteiger partial charge >= 0.3 is 19.5 Å². The third kappa shape index (κ3) is 6.41. The molecule has 1 N–H and O–H groups in total. The van der Waals surface area contributed by atoms with Gasteiger partial charge in [0.2, 0.25) is 0 Å². The number of aromatic amines is 1. The first-order valence-corrected chi connectivity index (χ1v) is 13.0. The summed E-state index contributed by atoms with van der Waals surface area (Å²) in [5.41, 5.74) is 0.360. The van der Waals surface area contributed by atoms with E-state index in [2.05, 4.69) is 4.98 Å². The molecule has 0 aliphatic carbocycles. The van der Waals surface area contributed by atoms with Gasteiger partial charge in [-0.1, -0.05) is 12.1 Å². The van der Waals surface area contributed by atoms with E-state index in [1.54, 1.807) is 31.2 Å². The maximum Gasteiger partial charge on any atom is 0.530 e. The van der Waals surface area contributed by atoms with E-state index in [9.17, 15) is 18.9 Å². The number of aromatic nitrogens is 2. The molecule has 0 spiro atoms. The molecule has 36 heavy (non-hydrogen) atoms. The second kappa shape index (κ2) is 10.2. The lowest BCUT2D eigenvalue weighted by molar-refractivity contribution is -0.154. The molecule has 194 valence electrons. The summed E-state index contributed by atoms with van der Waals surface area (Å²) in [4.78, 5) is 37.8. The van der Waals surface area contributed by atoms with Crippen molar-refractivity contribution >= 4 is 13.8 Å². The number of ether oxygens (including phenoxy) is 2. The number of hydrogen-bond acceptors (Lipinski definition) is 9. The van der Waals surface area contributed by atoms with Crippen molar-refractivity contribution in [3.8, 4) is 5.75 Å². The molecule has 4 rings (SSSR count). The van der Waals surface area contributed by atoms with Crippen molar-refractivity contribution in [1.29, 1.82) is 0 Å². The molecule has 1 unspecified atom stereocenters. The number of H-pyrrole nitrogens is 1. The lowest BCUT2D eigenvalue weighted by atomic mass is 10.1. The molecule has 1 aromatic carbocycles. The van der Waals surface area contributed by atoms with E-state index in [1.165, 1.54) is 10.8 Å². The Balaban J connectivity index is 1.31. The lowest BCUT2D eigenvalue weighted by Crippen LogP contribution is -2.33. The average Bonchev–Trinajstić information content (AvgIpc) is 3.26. The van der Waals surface area contributed by atoms with Crippen LogP contribution >= 0.6 is 7.82 Å². The normalized spacial score (nSPS) is 23.2. The van der Waals surface area contributed by atoms with E-state index in [4.69, 9.17) is 23.0 Å². The van der Waals surface area contributed by atoms with E-state index in [-0.39, 0.29) is 25.6 Å². The Morgan fingerprint density at radius 2 is 2.03 bits per heavy atom. The van der Waals surface area contributed by atoms with Gasteiger partial charge in [0.15, 0.2) is 6.23 Å². The number of nitrogens with zero attached hydrogens (tertiary/aromatic N) is 1. The number of nitrogens with one attached hydrogen (secondary N) is 1. The molecule has 0 fully saturated rings. The fourth-order valence-electron chi connectivity index (χ4n) is 3.67. The molecule has 0 amide bonds. The number of rotatable bonds is 7. The molecule has 12 heteroatoms. The quantitative estimate of drug-likeness (QED) is 0.331. The van der Waals surface area contributed by atoms with E-state index in [1.807, 2.05) is 26.8 Å². The topological polar surface area (TPSA) is 135 Å². The molecule has 1 aromatic heterocycles. The lowest BCUT2D eigenvalue weighted by Gasteiger charge is -2.26. The van der Waals surface area contributed by atoms with Gasteiger partial charge in [-0.25, -0.2) is 9.36 Å². The van der Waals surface area contributed by atoms with Crippen LogP contribution in [0.25, 0.3) is 0 Å². The van der Waals surface area contributed by atoms with Crippen molar-refractivity contribution in [1.82, 2.24) is 9.55 Å². The summed E-state index contributed by atoms with van der Waals surface area (Å²) in [6, 6.07) is 5.29. The molecule has 2 aromatic rings. The van der Waals surface area contributed by atoms with Gasteiger partial charge in [0.05, 0.1) is 13.2 Å². The van der Waals surface area contributed by atoms with Gasteiger partial charge < -0.3 is 14.0 Å². The van der Waals surface area contributed by atoms with Gasteiger partial charge in [0, 0.05) is 23.7 Å². The van der Waals surface area contributed by atoms with Crippen LogP contribution in [0.15, 0.2) is 46.1 Å². The minimum absolute atomic E-state index is 0.0168. The van der Waals surface area contributed by atoms with Gasteiger partial charge in [-0.15, -0.1) is 0 Å². The zero-order chi connectivity index (χ0) is 26.1. The van der Waals surface area contributed by atoms with Crippen molar-refractivity contribution in [2.24, 2.45) is 0 Å². The van der Waals surface area contributed by atoms with E-state index in [0.717, 1.165) is 5.56 Å². The van der Waals surface area contributed by atoms with Gasteiger partial charge in [-0.3, -0.25) is 28.2 Å². The van der Waals surface area contributed by atoms with Crippen molar-refractivity contribution in [2.45, 2.75) is 65.1 Å². The summed E-state index contributed by atoms with van der Waals surface area (Å²) in [6.45, 7) is 6.93. The summed E-state index contributed by atoms with van der Waals surface area (Å²) >= 11 is 0. The van der Waals surface area contributed by atoms with E-state index < -0.39 is 37.0 Å². The largest absolute Gasteiger partial charge is 0.530 e. The number of hydrogen-bond donors (Lipinski definition) is 1. The van der Waals surface area contributed by atoms with Crippen LogP contribution in [0.2, 0.25) is 0 Å². The average molecular weight is 520 g/mol. The van der Waals surface area contributed by atoms with E-state index >= 15 is 0 Å². The highest BCUT2D eigenvalue weighted by Crippen LogP contribution is 2.54. The maximum absolute atomic E-state index is 13.0. The Morgan fingerprint density at radius 1 is 1.25 bits per heavy atom. The highest BCUT2D eigenvalue weighted by Gasteiger charge is 2.36. The van der Waals surface area contributed by atoms with Gasteiger partial charge in [-0.05, 0) is 57.9 Å². The highest BCUT2D eigenvalue weighted by molar-refractivity contribution is 7.49. The zero-order valence-electron chi connectivity index (χ0n) is 20.5. The molecule has 0 bridgehead atoms.